The average molecular weight is 468 g/mol. The van der Waals surface area contributed by atoms with Crippen LogP contribution in [0.15, 0.2) is 88.1 Å². The van der Waals surface area contributed by atoms with E-state index in [1.165, 1.54) is 49.6 Å². The summed E-state index contributed by atoms with van der Waals surface area (Å²) in [5.41, 5.74) is -0.223. The summed E-state index contributed by atoms with van der Waals surface area (Å²) in [6, 6.07) is 19.4. The van der Waals surface area contributed by atoms with Crippen molar-refractivity contribution in [1.82, 2.24) is 0 Å². The smallest absolute Gasteiger partial charge is 0.453 e. The summed E-state index contributed by atoms with van der Waals surface area (Å²) in [6.45, 7) is 0.176. The van der Waals surface area contributed by atoms with Gasteiger partial charge >= 0.3 is 6.18 Å². The van der Waals surface area contributed by atoms with Crippen LogP contribution in [0.25, 0.3) is 17.0 Å². The van der Waals surface area contributed by atoms with Crippen LogP contribution in [0.2, 0.25) is 0 Å². The highest BCUT2D eigenvalue weighted by molar-refractivity contribution is 5.79. The van der Waals surface area contributed by atoms with E-state index in [1.54, 1.807) is 6.08 Å². The molecule has 0 saturated carbocycles. The fourth-order valence-electron chi connectivity index (χ4n) is 3.18. The first kappa shape index (κ1) is 23.0. The van der Waals surface area contributed by atoms with Gasteiger partial charge in [-0.2, -0.15) is 13.2 Å². The summed E-state index contributed by atoms with van der Waals surface area (Å²) in [4.78, 5) is 12.9. The molecule has 0 radical (unpaired) electrons. The van der Waals surface area contributed by atoms with Crippen LogP contribution in [-0.2, 0) is 6.18 Å². The van der Waals surface area contributed by atoms with Crippen LogP contribution in [0.4, 0.5) is 13.2 Å². The molecule has 0 aliphatic rings. The van der Waals surface area contributed by atoms with Crippen molar-refractivity contribution >= 4 is 17.0 Å². The lowest BCUT2D eigenvalue weighted by atomic mass is 10.2. The Hall–Kier alpha value is -4.20. The second-order valence-corrected chi connectivity index (χ2v) is 7.15. The van der Waals surface area contributed by atoms with E-state index < -0.39 is 23.1 Å². The first-order valence-corrected chi connectivity index (χ1v) is 10.2. The Morgan fingerprint density at radius 3 is 2.26 bits per heavy atom. The predicted octanol–water partition coefficient (Wildman–Crippen LogP) is 6.70. The third-order valence-electron chi connectivity index (χ3n) is 4.82. The van der Waals surface area contributed by atoms with Gasteiger partial charge in [-0.05, 0) is 48.0 Å². The molecule has 0 fully saturated rings. The Bertz CT molecular complexity index is 1360. The molecule has 3 aromatic carbocycles. The number of rotatable bonds is 7. The molecule has 0 N–H and O–H groups in total. The summed E-state index contributed by atoms with van der Waals surface area (Å²) in [7, 11) is 1.45. The van der Waals surface area contributed by atoms with Gasteiger partial charge in [0.2, 0.25) is 11.2 Å². The van der Waals surface area contributed by atoms with Crippen LogP contribution >= 0.6 is 0 Å². The molecule has 34 heavy (non-hydrogen) atoms. The Kier molecular flexibility index (Phi) is 6.58. The molecule has 0 saturated heterocycles. The van der Waals surface area contributed by atoms with Crippen molar-refractivity contribution in [2.45, 2.75) is 6.18 Å². The average Bonchev–Trinajstić information content (AvgIpc) is 2.84. The summed E-state index contributed by atoms with van der Waals surface area (Å²) < 4.78 is 62.1. The molecule has 0 bridgehead atoms. The highest BCUT2D eigenvalue weighted by atomic mass is 19.4. The number of benzene rings is 3. The molecule has 0 amide bonds. The van der Waals surface area contributed by atoms with Crippen molar-refractivity contribution in [1.29, 1.82) is 0 Å². The molecule has 1 aromatic heterocycles. The van der Waals surface area contributed by atoms with Gasteiger partial charge in [-0.3, -0.25) is 4.79 Å². The molecule has 0 atom stereocenters. The van der Waals surface area contributed by atoms with E-state index in [0.29, 0.717) is 5.75 Å². The van der Waals surface area contributed by atoms with E-state index in [-0.39, 0.29) is 29.1 Å². The molecule has 174 valence electrons. The fourth-order valence-corrected chi connectivity index (χ4v) is 3.18. The van der Waals surface area contributed by atoms with Gasteiger partial charge in [0.1, 0.15) is 29.4 Å². The van der Waals surface area contributed by atoms with E-state index in [2.05, 4.69) is 0 Å². The van der Waals surface area contributed by atoms with E-state index in [9.17, 15) is 18.0 Å². The molecule has 4 rings (SSSR count). The SMILES string of the molecule is COc1ccc(Oc2c(C(F)(F)F)oc3cc(OC/C=C/c4ccccc4)ccc3c2=O)cc1. The lowest BCUT2D eigenvalue weighted by molar-refractivity contribution is -0.154. The number of alkyl halides is 3. The van der Waals surface area contributed by atoms with Crippen molar-refractivity contribution < 1.29 is 31.8 Å². The van der Waals surface area contributed by atoms with Crippen molar-refractivity contribution in [2.75, 3.05) is 13.7 Å². The van der Waals surface area contributed by atoms with Crippen LogP contribution in [0.1, 0.15) is 11.3 Å². The molecule has 8 heteroatoms. The minimum absolute atomic E-state index is 0.0307. The molecular weight excluding hydrogens is 449 g/mol. The zero-order chi connectivity index (χ0) is 24.1. The van der Waals surface area contributed by atoms with Gasteiger partial charge < -0.3 is 18.6 Å². The largest absolute Gasteiger partial charge is 0.497 e. The molecule has 1 heterocycles. The van der Waals surface area contributed by atoms with E-state index >= 15 is 0 Å². The molecule has 5 nitrogen and oxygen atoms in total. The fraction of sp³-hybridized carbons (Fsp3) is 0.115. The Morgan fingerprint density at radius 1 is 0.912 bits per heavy atom. The number of methoxy groups -OCH3 is 1. The van der Waals surface area contributed by atoms with Gasteiger partial charge in [0, 0.05) is 6.07 Å². The summed E-state index contributed by atoms with van der Waals surface area (Å²) in [6.07, 6.45) is -1.33. The van der Waals surface area contributed by atoms with Crippen molar-refractivity contribution in [3.05, 3.63) is 100 Å². The minimum atomic E-state index is -4.95. The number of hydrogen-bond donors (Lipinski definition) is 0. The Morgan fingerprint density at radius 2 is 1.59 bits per heavy atom. The van der Waals surface area contributed by atoms with Crippen molar-refractivity contribution in [3.63, 3.8) is 0 Å². The van der Waals surface area contributed by atoms with Gasteiger partial charge in [0.25, 0.3) is 5.76 Å². The third kappa shape index (κ3) is 5.23. The Labute approximate surface area is 192 Å². The zero-order valence-electron chi connectivity index (χ0n) is 18.0. The first-order chi connectivity index (χ1) is 16.3. The lowest BCUT2D eigenvalue weighted by Crippen LogP contribution is -2.15. The summed E-state index contributed by atoms with van der Waals surface area (Å²) in [5.74, 6) is -1.69. The monoisotopic (exact) mass is 468 g/mol. The standard InChI is InChI=1S/C26H19F3O5/c1-31-18-9-11-19(12-10-18)33-24-23(30)21-14-13-20(16-22(21)34-25(24)26(27,28)29)32-15-5-8-17-6-3-2-4-7-17/h2-14,16H,15H2,1H3/b8-5+. The van der Waals surface area contributed by atoms with Crippen LogP contribution in [0, 0.1) is 0 Å². The second kappa shape index (κ2) is 9.74. The van der Waals surface area contributed by atoms with Crippen LogP contribution in [0.3, 0.4) is 0 Å². The molecular formula is C26H19F3O5. The normalized spacial score (nSPS) is 11.6. The topological polar surface area (TPSA) is 57.9 Å². The molecule has 0 unspecified atom stereocenters. The molecule has 4 aromatic rings. The predicted molar refractivity (Wildman–Crippen MR) is 122 cm³/mol. The summed E-state index contributed by atoms with van der Waals surface area (Å²) in [5, 5.41) is -0.0660. The summed E-state index contributed by atoms with van der Waals surface area (Å²) >= 11 is 0. The van der Waals surface area contributed by atoms with Gasteiger partial charge in [-0.15, -0.1) is 0 Å². The highest BCUT2D eigenvalue weighted by Gasteiger charge is 2.40. The zero-order valence-corrected chi connectivity index (χ0v) is 18.0. The molecule has 0 aliphatic carbocycles. The van der Waals surface area contributed by atoms with Gasteiger partial charge in [0.05, 0.1) is 12.5 Å². The quantitative estimate of drug-likeness (QED) is 0.302. The van der Waals surface area contributed by atoms with Crippen LogP contribution in [0.5, 0.6) is 23.0 Å². The number of hydrogen-bond acceptors (Lipinski definition) is 5. The second-order valence-electron chi connectivity index (χ2n) is 7.15. The molecule has 0 spiro atoms. The van der Waals surface area contributed by atoms with E-state index in [0.717, 1.165) is 5.56 Å². The van der Waals surface area contributed by atoms with Crippen LogP contribution in [-0.4, -0.2) is 13.7 Å². The Balaban J connectivity index is 1.63. The van der Waals surface area contributed by atoms with Crippen LogP contribution < -0.4 is 19.6 Å². The maximum absolute atomic E-state index is 13.7. The first-order valence-electron chi connectivity index (χ1n) is 10.2. The van der Waals surface area contributed by atoms with Crippen molar-refractivity contribution in [2.24, 2.45) is 0 Å². The number of ether oxygens (including phenoxy) is 3. The van der Waals surface area contributed by atoms with Gasteiger partial charge in [-0.25, -0.2) is 0 Å². The number of fused-ring (bicyclic) bond motifs is 1. The maximum atomic E-state index is 13.7. The molecule has 0 aliphatic heterocycles. The van der Waals surface area contributed by atoms with E-state index in [4.69, 9.17) is 18.6 Å². The number of halogens is 3. The van der Waals surface area contributed by atoms with Gasteiger partial charge in [0.15, 0.2) is 0 Å². The minimum Gasteiger partial charge on any atom is -0.497 e. The highest BCUT2D eigenvalue weighted by Crippen LogP contribution is 2.38. The maximum Gasteiger partial charge on any atom is 0.453 e. The van der Waals surface area contributed by atoms with E-state index in [1.807, 2.05) is 36.4 Å². The van der Waals surface area contributed by atoms with Crippen molar-refractivity contribution in [3.8, 4) is 23.0 Å². The van der Waals surface area contributed by atoms with Gasteiger partial charge in [-0.1, -0.05) is 36.4 Å². The lowest BCUT2D eigenvalue weighted by Gasteiger charge is -2.14. The third-order valence-corrected chi connectivity index (χ3v) is 4.82.